The van der Waals surface area contributed by atoms with Crippen LogP contribution >= 0.6 is 0 Å². The van der Waals surface area contributed by atoms with Gasteiger partial charge in [0.1, 0.15) is 11.8 Å². The Hall–Kier alpha value is -1.75. The van der Waals surface area contributed by atoms with Crippen LogP contribution < -0.4 is 10.5 Å². The summed E-state index contributed by atoms with van der Waals surface area (Å²) in [5, 5.41) is 1.11. The second-order valence-electron chi connectivity index (χ2n) is 4.88. The second-order valence-corrected chi connectivity index (χ2v) is 4.88. The molecule has 0 aliphatic heterocycles. The normalized spacial score (nSPS) is 13.8. The van der Waals surface area contributed by atoms with Crippen molar-refractivity contribution in [2.45, 2.75) is 32.2 Å². The molecule has 20 heavy (non-hydrogen) atoms. The lowest BCUT2D eigenvalue weighted by Crippen LogP contribution is -2.28. The number of hydrogen-bond donors (Lipinski definition) is 1. The van der Waals surface area contributed by atoms with Crippen LogP contribution in [-0.2, 0) is 0 Å². The molecule has 0 aliphatic rings. The van der Waals surface area contributed by atoms with Crippen LogP contribution in [0.15, 0.2) is 36.4 Å². The van der Waals surface area contributed by atoms with Gasteiger partial charge in [-0.2, -0.15) is 13.2 Å². The molecule has 0 bridgehead atoms. The lowest BCUT2D eigenvalue weighted by atomic mass is 9.98. The minimum atomic E-state index is -4.47. The summed E-state index contributed by atoms with van der Waals surface area (Å²) in [5.41, 5.74) is 5.38. The predicted molar refractivity (Wildman–Crippen MR) is 72.7 cm³/mol. The molecule has 0 amide bonds. The summed E-state index contributed by atoms with van der Waals surface area (Å²) in [6, 6.07) is 7.75. The third-order valence-corrected chi connectivity index (χ3v) is 2.97. The molecule has 0 fully saturated rings. The maximum absolute atomic E-state index is 12.8. The smallest absolute Gasteiger partial charge is 0.407 e. The topological polar surface area (TPSA) is 35.2 Å². The number of fused-ring (bicyclic) bond motifs is 1. The molecule has 0 saturated heterocycles. The number of nitrogens with two attached hydrogens (primary N) is 1. The van der Waals surface area contributed by atoms with Gasteiger partial charge >= 0.3 is 6.18 Å². The number of halogens is 3. The maximum Gasteiger partial charge on any atom is 0.407 e. The van der Waals surface area contributed by atoms with Gasteiger partial charge in [0, 0.05) is 5.39 Å². The average molecular weight is 283 g/mol. The summed E-state index contributed by atoms with van der Waals surface area (Å²) in [6.07, 6.45) is -4.52. The molecule has 108 valence electrons. The van der Waals surface area contributed by atoms with Crippen LogP contribution in [-0.4, -0.2) is 12.3 Å². The highest BCUT2D eigenvalue weighted by molar-refractivity contribution is 5.91. The Morgan fingerprint density at radius 3 is 2.15 bits per heavy atom. The van der Waals surface area contributed by atoms with E-state index in [1.807, 2.05) is 13.8 Å². The van der Waals surface area contributed by atoms with Crippen LogP contribution in [0.1, 0.15) is 25.5 Å². The number of ether oxygens (including phenoxy) is 1. The van der Waals surface area contributed by atoms with Gasteiger partial charge < -0.3 is 10.5 Å². The summed E-state index contributed by atoms with van der Waals surface area (Å²) < 4.78 is 44.1. The molecular formula is C15H16F3NO. The van der Waals surface area contributed by atoms with Crippen molar-refractivity contribution in [3.63, 3.8) is 0 Å². The van der Waals surface area contributed by atoms with E-state index in [-0.39, 0.29) is 11.7 Å². The second kappa shape index (κ2) is 5.32. The molecule has 0 aromatic heterocycles. The lowest BCUT2D eigenvalue weighted by Gasteiger charge is -2.20. The molecule has 0 heterocycles. The van der Waals surface area contributed by atoms with E-state index >= 15 is 0 Å². The molecule has 1 atom stereocenters. The fourth-order valence-corrected chi connectivity index (χ4v) is 2.10. The number of alkyl halides is 3. The molecule has 0 aliphatic carbocycles. The molecule has 2 nitrogen and oxygen atoms in total. The number of hydrogen-bond acceptors (Lipinski definition) is 2. The summed E-state index contributed by atoms with van der Waals surface area (Å²) >= 11 is 0. The highest BCUT2D eigenvalue weighted by atomic mass is 19.4. The quantitative estimate of drug-likeness (QED) is 0.916. The molecule has 2 aromatic rings. The Bertz CT molecular complexity index is 608. The molecular weight excluding hydrogens is 267 g/mol. The molecule has 0 radical (unpaired) electrons. The fraction of sp³-hybridized carbons (Fsp3) is 0.333. The molecule has 0 saturated carbocycles. The first-order valence-corrected chi connectivity index (χ1v) is 6.31. The molecule has 2 N–H and O–H groups in total. The van der Waals surface area contributed by atoms with E-state index in [1.54, 1.807) is 30.3 Å². The van der Waals surface area contributed by atoms with Gasteiger partial charge in [0.2, 0.25) is 0 Å². The zero-order valence-corrected chi connectivity index (χ0v) is 11.2. The third kappa shape index (κ3) is 2.88. The van der Waals surface area contributed by atoms with E-state index in [0.29, 0.717) is 16.5 Å². The zero-order valence-electron chi connectivity index (χ0n) is 11.2. The van der Waals surface area contributed by atoms with Crippen molar-refractivity contribution >= 4 is 10.8 Å². The summed E-state index contributed by atoms with van der Waals surface area (Å²) in [4.78, 5) is 0. The fourth-order valence-electron chi connectivity index (χ4n) is 2.10. The average Bonchev–Trinajstić information content (AvgIpc) is 2.37. The van der Waals surface area contributed by atoms with Gasteiger partial charge in [-0.05, 0) is 30.9 Å². The summed E-state index contributed by atoms with van der Waals surface area (Å²) in [6.45, 7) is 3.73. The van der Waals surface area contributed by atoms with Gasteiger partial charge in [0.05, 0.1) is 6.10 Å². The SMILES string of the molecule is CC(C)Oc1ccc([C@H](N)C(F)(F)F)c2ccccc12. The highest BCUT2D eigenvalue weighted by Gasteiger charge is 2.38. The first-order valence-electron chi connectivity index (χ1n) is 6.31. The maximum atomic E-state index is 12.8. The van der Waals surface area contributed by atoms with Crippen LogP contribution in [0.5, 0.6) is 5.75 Å². The minimum absolute atomic E-state index is 0.0551. The van der Waals surface area contributed by atoms with Gasteiger partial charge in [0.25, 0.3) is 0 Å². The van der Waals surface area contributed by atoms with Crippen molar-refractivity contribution in [2.24, 2.45) is 5.73 Å². The first-order chi connectivity index (χ1) is 9.30. The Morgan fingerprint density at radius 2 is 1.60 bits per heavy atom. The Balaban J connectivity index is 2.60. The number of benzene rings is 2. The van der Waals surface area contributed by atoms with Crippen molar-refractivity contribution < 1.29 is 17.9 Å². The van der Waals surface area contributed by atoms with Crippen LogP contribution in [0.4, 0.5) is 13.2 Å². The van der Waals surface area contributed by atoms with E-state index in [0.717, 1.165) is 0 Å². The number of rotatable bonds is 3. The van der Waals surface area contributed by atoms with E-state index in [9.17, 15) is 13.2 Å². The Morgan fingerprint density at radius 1 is 1.00 bits per heavy atom. The van der Waals surface area contributed by atoms with E-state index in [1.165, 1.54) is 6.07 Å². The van der Waals surface area contributed by atoms with Gasteiger partial charge in [-0.25, -0.2) is 0 Å². The zero-order chi connectivity index (χ0) is 14.9. The lowest BCUT2D eigenvalue weighted by molar-refractivity contribution is -0.148. The summed E-state index contributed by atoms with van der Waals surface area (Å²) in [7, 11) is 0. The van der Waals surface area contributed by atoms with Crippen molar-refractivity contribution in [3.05, 3.63) is 42.0 Å². The van der Waals surface area contributed by atoms with Crippen LogP contribution in [0.3, 0.4) is 0 Å². The van der Waals surface area contributed by atoms with Gasteiger partial charge in [0.15, 0.2) is 0 Å². The van der Waals surface area contributed by atoms with Crippen molar-refractivity contribution in [1.29, 1.82) is 0 Å². The monoisotopic (exact) mass is 283 g/mol. The molecule has 5 heteroatoms. The summed E-state index contributed by atoms with van der Waals surface area (Å²) in [5.74, 6) is 0.564. The first kappa shape index (κ1) is 14.7. The molecule has 0 unspecified atom stereocenters. The molecule has 0 spiro atoms. The Kier molecular flexibility index (Phi) is 3.90. The van der Waals surface area contributed by atoms with Crippen molar-refractivity contribution in [3.8, 4) is 5.75 Å². The third-order valence-electron chi connectivity index (χ3n) is 2.97. The van der Waals surface area contributed by atoms with Crippen molar-refractivity contribution in [1.82, 2.24) is 0 Å². The Labute approximate surface area is 115 Å². The minimum Gasteiger partial charge on any atom is -0.490 e. The predicted octanol–water partition coefficient (Wildman–Crippen LogP) is 4.19. The van der Waals surface area contributed by atoms with Crippen LogP contribution in [0, 0.1) is 0 Å². The van der Waals surface area contributed by atoms with E-state index < -0.39 is 12.2 Å². The van der Waals surface area contributed by atoms with Gasteiger partial charge in [-0.1, -0.05) is 30.3 Å². The largest absolute Gasteiger partial charge is 0.490 e. The van der Waals surface area contributed by atoms with Crippen LogP contribution in [0.2, 0.25) is 0 Å². The van der Waals surface area contributed by atoms with Crippen molar-refractivity contribution in [2.75, 3.05) is 0 Å². The van der Waals surface area contributed by atoms with Gasteiger partial charge in [-0.3, -0.25) is 0 Å². The van der Waals surface area contributed by atoms with E-state index in [4.69, 9.17) is 10.5 Å². The van der Waals surface area contributed by atoms with E-state index in [2.05, 4.69) is 0 Å². The van der Waals surface area contributed by atoms with Crippen LogP contribution in [0.25, 0.3) is 10.8 Å². The molecule has 2 aromatic carbocycles. The highest BCUT2D eigenvalue weighted by Crippen LogP contribution is 2.37. The van der Waals surface area contributed by atoms with Gasteiger partial charge in [-0.15, -0.1) is 0 Å². The molecule has 2 rings (SSSR count). The standard InChI is InChI=1S/C15H16F3NO/c1-9(2)20-13-8-7-12(14(19)15(16,17)18)10-5-3-4-6-11(10)13/h3-9,14H,19H2,1-2H3/t14-/m0/s1.